The minimum absolute atomic E-state index is 0. The van der Waals surface area contributed by atoms with Crippen LogP contribution in [0.4, 0.5) is 13.2 Å². The number of halogens is 4. The topological polar surface area (TPSA) is 54.9 Å². The van der Waals surface area contributed by atoms with Crippen molar-refractivity contribution in [3.63, 3.8) is 0 Å². The highest BCUT2D eigenvalue weighted by molar-refractivity contribution is 14.0. The first kappa shape index (κ1) is 26.9. The molecule has 0 spiro atoms. The summed E-state index contributed by atoms with van der Waals surface area (Å²) in [5.74, 6) is 0.503. The second-order valence-electron chi connectivity index (χ2n) is 6.07. The minimum Gasteiger partial charge on any atom is -0.379 e. The number of hydrogen-bond donors (Lipinski definition) is 2. The van der Waals surface area contributed by atoms with Gasteiger partial charge in [0, 0.05) is 20.2 Å². The van der Waals surface area contributed by atoms with Crippen molar-refractivity contribution in [2.75, 3.05) is 40.0 Å². The number of guanidine groups is 1. The van der Waals surface area contributed by atoms with Crippen molar-refractivity contribution >= 4 is 29.9 Å². The maximum absolute atomic E-state index is 12.8. The van der Waals surface area contributed by atoms with Gasteiger partial charge in [0.2, 0.25) is 0 Å². The first-order valence-electron chi connectivity index (χ1n) is 9.18. The van der Waals surface area contributed by atoms with Crippen LogP contribution in [-0.2, 0) is 15.7 Å². The van der Waals surface area contributed by atoms with Crippen molar-refractivity contribution in [3.05, 3.63) is 35.4 Å². The van der Waals surface area contributed by atoms with E-state index >= 15 is 0 Å². The van der Waals surface area contributed by atoms with Crippen LogP contribution in [-0.4, -0.2) is 46.0 Å². The van der Waals surface area contributed by atoms with E-state index in [0.717, 1.165) is 31.6 Å². The lowest BCUT2D eigenvalue weighted by Gasteiger charge is -2.19. The average molecular weight is 517 g/mol. The molecule has 0 amide bonds. The average Bonchev–Trinajstić information content (AvgIpc) is 2.65. The molecule has 1 aromatic rings. The Bertz CT molecular complexity index is 572. The third-order valence-electron chi connectivity index (χ3n) is 3.84. The molecule has 0 saturated heterocycles. The van der Waals surface area contributed by atoms with Crippen LogP contribution in [0.5, 0.6) is 0 Å². The Labute approximate surface area is 182 Å². The Morgan fingerprint density at radius 2 is 1.82 bits per heavy atom. The van der Waals surface area contributed by atoms with Crippen molar-refractivity contribution in [1.29, 1.82) is 0 Å². The van der Waals surface area contributed by atoms with Gasteiger partial charge in [-0.3, -0.25) is 4.99 Å². The van der Waals surface area contributed by atoms with Crippen LogP contribution >= 0.6 is 24.0 Å². The molecular weight excluding hydrogens is 486 g/mol. The van der Waals surface area contributed by atoms with E-state index in [1.165, 1.54) is 6.07 Å². The Morgan fingerprint density at radius 1 is 1.14 bits per heavy atom. The van der Waals surface area contributed by atoms with Crippen LogP contribution in [0, 0.1) is 0 Å². The molecule has 1 rings (SSSR count). The van der Waals surface area contributed by atoms with Crippen molar-refractivity contribution < 1.29 is 22.6 Å². The molecule has 5 nitrogen and oxygen atoms in total. The van der Waals surface area contributed by atoms with Gasteiger partial charge >= 0.3 is 6.18 Å². The number of hydrogen-bond acceptors (Lipinski definition) is 3. The zero-order valence-corrected chi connectivity index (χ0v) is 19.0. The Morgan fingerprint density at radius 3 is 2.43 bits per heavy atom. The van der Waals surface area contributed by atoms with Gasteiger partial charge in [-0.25, -0.2) is 0 Å². The molecule has 1 unspecified atom stereocenters. The molecule has 0 aliphatic carbocycles. The SMILES string of the molecule is CCCCOCCOCCNC(=NC)NC(C)c1cccc(C(F)(F)F)c1.I. The lowest BCUT2D eigenvalue weighted by Crippen LogP contribution is -2.40. The summed E-state index contributed by atoms with van der Waals surface area (Å²) in [6.07, 6.45) is -2.20. The lowest BCUT2D eigenvalue weighted by molar-refractivity contribution is -0.137. The van der Waals surface area contributed by atoms with E-state index in [9.17, 15) is 13.2 Å². The molecule has 0 bridgehead atoms. The molecule has 0 aliphatic rings. The highest BCUT2D eigenvalue weighted by atomic mass is 127. The van der Waals surface area contributed by atoms with E-state index in [-0.39, 0.29) is 30.0 Å². The molecule has 0 radical (unpaired) electrons. The predicted molar refractivity (Wildman–Crippen MR) is 116 cm³/mol. The summed E-state index contributed by atoms with van der Waals surface area (Å²) in [7, 11) is 1.61. The highest BCUT2D eigenvalue weighted by Gasteiger charge is 2.30. The van der Waals surface area contributed by atoms with Gasteiger partial charge in [-0.2, -0.15) is 13.2 Å². The number of nitrogens with zero attached hydrogens (tertiary/aromatic N) is 1. The molecule has 9 heteroatoms. The van der Waals surface area contributed by atoms with E-state index < -0.39 is 11.7 Å². The van der Waals surface area contributed by atoms with Crippen LogP contribution < -0.4 is 10.6 Å². The van der Waals surface area contributed by atoms with Crippen LogP contribution in [0.25, 0.3) is 0 Å². The standard InChI is InChI=1S/C19H30F3N3O2.HI/c1-4-5-10-26-12-13-27-11-9-24-18(23-3)25-15(2)16-7-6-8-17(14-16)19(20,21)22;/h6-8,14-15H,4-5,9-13H2,1-3H3,(H2,23,24,25);1H. The maximum Gasteiger partial charge on any atom is 0.416 e. The molecule has 162 valence electrons. The van der Waals surface area contributed by atoms with Crippen molar-refractivity contribution in [3.8, 4) is 0 Å². The highest BCUT2D eigenvalue weighted by Crippen LogP contribution is 2.30. The minimum atomic E-state index is -4.35. The van der Waals surface area contributed by atoms with E-state index in [4.69, 9.17) is 9.47 Å². The smallest absolute Gasteiger partial charge is 0.379 e. The Balaban J connectivity index is 0.00000729. The first-order valence-corrected chi connectivity index (χ1v) is 9.18. The number of unbranched alkanes of at least 4 members (excludes halogenated alkanes) is 1. The van der Waals surface area contributed by atoms with Gasteiger partial charge in [0.1, 0.15) is 0 Å². The Kier molecular flexibility index (Phi) is 14.3. The van der Waals surface area contributed by atoms with Gasteiger partial charge in [0.25, 0.3) is 0 Å². The quantitative estimate of drug-likeness (QED) is 0.198. The number of nitrogens with one attached hydrogen (secondary N) is 2. The Hall–Kier alpha value is -1.07. The number of ether oxygens (including phenoxy) is 2. The van der Waals surface area contributed by atoms with Gasteiger partial charge in [-0.1, -0.05) is 25.5 Å². The second-order valence-corrected chi connectivity index (χ2v) is 6.07. The first-order chi connectivity index (χ1) is 12.9. The number of alkyl halides is 3. The summed E-state index contributed by atoms with van der Waals surface area (Å²) in [6.45, 7) is 6.76. The molecule has 1 atom stereocenters. The van der Waals surface area contributed by atoms with Gasteiger partial charge in [0.05, 0.1) is 31.4 Å². The third-order valence-corrected chi connectivity index (χ3v) is 3.84. The van der Waals surface area contributed by atoms with Crippen LogP contribution in [0.1, 0.15) is 43.9 Å². The molecule has 0 aliphatic heterocycles. The van der Waals surface area contributed by atoms with Gasteiger partial charge in [-0.15, -0.1) is 24.0 Å². The summed E-state index contributed by atoms with van der Waals surface area (Å²) >= 11 is 0. The summed E-state index contributed by atoms with van der Waals surface area (Å²) in [5.41, 5.74) is -0.126. The van der Waals surface area contributed by atoms with E-state index in [1.54, 1.807) is 20.0 Å². The van der Waals surface area contributed by atoms with Gasteiger partial charge in [-0.05, 0) is 31.0 Å². The summed E-state index contributed by atoms with van der Waals surface area (Å²) in [6, 6.07) is 4.94. The number of rotatable bonds is 11. The molecule has 0 aromatic heterocycles. The van der Waals surface area contributed by atoms with Crippen molar-refractivity contribution in [2.24, 2.45) is 4.99 Å². The second kappa shape index (κ2) is 14.9. The monoisotopic (exact) mass is 517 g/mol. The van der Waals surface area contributed by atoms with E-state index in [2.05, 4.69) is 22.5 Å². The lowest BCUT2D eigenvalue weighted by atomic mass is 10.1. The van der Waals surface area contributed by atoms with Crippen molar-refractivity contribution in [2.45, 2.75) is 38.9 Å². The van der Waals surface area contributed by atoms with Gasteiger partial charge in [0.15, 0.2) is 5.96 Å². The maximum atomic E-state index is 12.8. The fraction of sp³-hybridized carbons (Fsp3) is 0.632. The molecule has 1 aromatic carbocycles. The van der Waals surface area contributed by atoms with Crippen molar-refractivity contribution in [1.82, 2.24) is 10.6 Å². The van der Waals surface area contributed by atoms with E-state index in [0.29, 0.717) is 37.9 Å². The third kappa shape index (κ3) is 11.1. The molecule has 2 N–H and O–H groups in total. The molecule has 0 saturated carbocycles. The molecular formula is C19H31F3IN3O2. The predicted octanol–water partition coefficient (Wildman–Crippen LogP) is 4.38. The fourth-order valence-electron chi connectivity index (χ4n) is 2.28. The summed E-state index contributed by atoms with van der Waals surface area (Å²) in [5, 5.41) is 6.16. The zero-order valence-electron chi connectivity index (χ0n) is 16.6. The molecule has 0 heterocycles. The zero-order chi connectivity index (χ0) is 20.1. The van der Waals surface area contributed by atoms with Crippen LogP contribution in [0.3, 0.4) is 0 Å². The fourth-order valence-corrected chi connectivity index (χ4v) is 2.28. The number of benzene rings is 1. The summed E-state index contributed by atoms with van der Waals surface area (Å²) < 4.78 is 49.4. The van der Waals surface area contributed by atoms with E-state index in [1.807, 2.05) is 0 Å². The molecule has 0 fully saturated rings. The van der Waals surface area contributed by atoms with Crippen LogP contribution in [0.2, 0.25) is 0 Å². The van der Waals surface area contributed by atoms with Gasteiger partial charge < -0.3 is 20.1 Å². The summed E-state index contributed by atoms with van der Waals surface area (Å²) in [4.78, 5) is 4.08. The molecule has 28 heavy (non-hydrogen) atoms. The van der Waals surface area contributed by atoms with Crippen LogP contribution in [0.15, 0.2) is 29.3 Å². The largest absolute Gasteiger partial charge is 0.416 e. The normalized spacial score (nSPS) is 13.0. The number of aliphatic imine (C=N–C) groups is 1.